The molecule has 1 aromatic rings. The van der Waals surface area contributed by atoms with Gasteiger partial charge < -0.3 is 15.3 Å². The number of hydrogen-bond acceptors (Lipinski definition) is 3. The highest BCUT2D eigenvalue weighted by atomic mass is 16.3. The molecule has 5 nitrogen and oxygen atoms in total. The van der Waals surface area contributed by atoms with Crippen molar-refractivity contribution in [1.29, 1.82) is 0 Å². The number of benzene rings is 1. The number of nitrogens with zero attached hydrogens (tertiary/aromatic N) is 1. The second-order valence-electron chi connectivity index (χ2n) is 3.54. The van der Waals surface area contributed by atoms with Gasteiger partial charge in [-0.05, 0) is 17.7 Å². The molecular formula is C11H12N2O3. The zero-order valence-electron chi connectivity index (χ0n) is 8.64. The second kappa shape index (κ2) is 4.32. The van der Waals surface area contributed by atoms with Crippen LogP contribution in [0.15, 0.2) is 24.3 Å². The molecule has 5 heteroatoms. The van der Waals surface area contributed by atoms with Crippen molar-refractivity contribution in [3.05, 3.63) is 29.8 Å². The number of hydrogen-bond donors (Lipinski definition) is 2. The summed E-state index contributed by atoms with van der Waals surface area (Å²) in [5, 5.41) is 11.5. The molecule has 1 heterocycles. The van der Waals surface area contributed by atoms with Crippen molar-refractivity contribution in [3.8, 4) is 0 Å². The maximum atomic E-state index is 11.6. The molecule has 0 aliphatic carbocycles. The third-order valence-corrected chi connectivity index (χ3v) is 2.47. The first-order valence-corrected chi connectivity index (χ1v) is 5.02. The van der Waals surface area contributed by atoms with Crippen molar-refractivity contribution in [3.63, 3.8) is 0 Å². The van der Waals surface area contributed by atoms with E-state index >= 15 is 0 Å². The van der Waals surface area contributed by atoms with Gasteiger partial charge in [0.15, 0.2) is 0 Å². The van der Waals surface area contributed by atoms with Crippen LogP contribution < -0.4 is 10.2 Å². The van der Waals surface area contributed by atoms with Crippen LogP contribution in [0.5, 0.6) is 0 Å². The Balaban J connectivity index is 2.28. The van der Waals surface area contributed by atoms with Crippen molar-refractivity contribution < 1.29 is 14.7 Å². The lowest BCUT2D eigenvalue weighted by Gasteiger charge is -2.26. The number of carbonyl (C=O) groups excluding carboxylic acids is 2. The minimum atomic E-state index is -0.583. The molecule has 2 N–H and O–H groups in total. The fraction of sp³-hybridized carbons (Fsp3) is 0.273. The lowest BCUT2D eigenvalue weighted by atomic mass is 10.2. The summed E-state index contributed by atoms with van der Waals surface area (Å²) in [5.74, 6) is -1.14. The standard InChI is InChI=1S/C11H12N2O3/c14-7-8-2-1-3-9(6-8)13-5-4-12-10(15)11(13)16/h1-3,6,14H,4-5,7H2,(H,12,15). The van der Waals surface area contributed by atoms with Crippen LogP contribution in [0, 0.1) is 0 Å². The Labute approximate surface area is 92.7 Å². The quantitative estimate of drug-likeness (QED) is 0.669. The molecule has 1 aromatic carbocycles. The van der Waals surface area contributed by atoms with E-state index in [1.54, 1.807) is 24.3 Å². The fourth-order valence-corrected chi connectivity index (χ4v) is 1.65. The maximum absolute atomic E-state index is 11.6. The van der Waals surface area contributed by atoms with Crippen molar-refractivity contribution in [2.75, 3.05) is 18.0 Å². The Morgan fingerprint density at radius 1 is 1.38 bits per heavy atom. The van der Waals surface area contributed by atoms with E-state index in [1.165, 1.54) is 4.90 Å². The summed E-state index contributed by atoms with van der Waals surface area (Å²) in [7, 11) is 0. The Hall–Kier alpha value is -1.88. The number of amides is 2. The van der Waals surface area contributed by atoms with Gasteiger partial charge in [-0.2, -0.15) is 0 Å². The van der Waals surface area contributed by atoms with E-state index in [1.807, 2.05) is 0 Å². The third kappa shape index (κ3) is 1.90. The number of nitrogens with one attached hydrogen (secondary N) is 1. The lowest BCUT2D eigenvalue weighted by molar-refractivity contribution is -0.138. The van der Waals surface area contributed by atoms with E-state index in [0.29, 0.717) is 18.8 Å². The number of aliphatic hydroxyl groups excluding tert-OH is 1. The van der Waals surface area contributed by atoms with Gasteiger partial charge in [0, 0.05) is 18.8 Å². The minimum Gasteiger partial charge on any atom is -0.392 e. The maximum Gasteiger partial charge on any atom is 0.316 e. The molecule has 84 valence electrons. The summed E-state index contributed by atoms with van der Waals surface area (Å²) in [5.41, 5.74) is 1.36. The summed E-state index contributed by atoms with van der Waals surface area (Å²) >= 11 is 0. The fourth-order valence-electron chi connectivity index (χ4n) is 1.65. The van der Waals surface area contributed by atoms with Gasteiger partial charge in [0.2, 0.25) is 0 Å². The van der Waals surface area contributed by atoms with Crippen molar-refractivity contribution in [2.24, 2.45) is 0 Å². The lowest BCUT2D eigenvalue weighted by Crippen LogP contribution is -2.52. The summed E-state index contributed by atoms with van der Waals surface area (Å²) in [6.07, 6.45) is 0. The average Bonchev–Trinajstić information content (AvgIpc) is 2.33. The molecule has 1 aliphatic heterocycles. The molecule has 1 saturated heterocycles. The Morgan fingerprint density at radius 3 is 2.94 bits per heavy atom. The molecule has 2 amide bonds. The van der Waals surface area contributed by atoms with Crippen LogP contribution in [0.2, 0.25) is 0 Å². The van der Waals surface area contributed by atoms with E-state index in [9.17, 15) is 9.59 Å². The molecule has 0 spiro atoms. The van der Waals surface area contributed by atoms with Crippen molar-refractivity contribution >= 4 is 17.5 Å². The highest BCUT2D eigenvalue weighted by Gasteiger charge is 2.27. The smallest absolute Gasteiger partial charge is 0.316 e. The van der Waals surface area contributed by atoms with Crippen LogP contribution in [0.1, 0.15) is 5.56 Å². The van der Waals surface area contributed by atoms with Crippen LogP contribution in [0.4, 0.5) is 5.69 Å². The predicted molar refractivity (Wildman–Crippen MR) is 57.7 cm³/mol. The van der Waals surface area contributed by atoms with Crippen LogP contribution in [-0.4, -0.2) is 30.0 Å². The first kappa shape index (κ1) is 10.6. The van der Waals surface area contributed by atoms with E-state index in [4.69, 9.17) is 5.11 Å². The molecule has 0 bridgehead atoms. The number of carbonyl (C=O) groups is 2. The molecule has 1 fully saturated rings. The average molecular weight is 220 g/mol. The van der Waals surface area contributed by atoms with Crippen molar-refractivity contribution in [1.82, 2.24) is 5.32 Å². The number of rotatable bonds is 2. The van der Waals surface area contributed by atoms with E-state index < -0.39 is 11.8 Å². The van der Waals surface area contributed by atoms with E-state index in [0.717, 1.165) is 5.56 Å². The molecule has 0 saturated carbocycles. The van der Waals surface area contributed by atoms with Crippen LogP contribution in [0.25, 0.3) is 0 Å². The SMILES string of the molecule is O=C1NCCN(c2cccc(CO)c2)C1=O. The van der Waals surface area contributed by atoms with E-state index in [2.05, 4.69) is 5.32 Å². The monoisotopic (exact) mass is 220 g/mol. The van der Waals surface area contributed by atoms with Gasteiger partial charge in [0.05, 0.1) is 6.61 Å². The Bertz CT molecular complexity index is 431. The largest absolute Gasteiger partial charge is 0.392 e. The molecule has 0 unspecified atom stereocenters. The van der Waals surface area contributed by atoms with Crippen molar-refractivity contribution in [2.45, 2.75) is 6.61 Å². The molecule has 16 heavy (non-hydrogen) atoms. The molecular weight excluding hydrogens is 208 g/mol. The molecule has 1 aliphatic rings. The molecule has 0 radical (unpaired) electrons. The highest BCUT2D eigenvalue weighted by Crippen LogP contribution is 2.17. The zero-order chi connectivity index (χ0) is 11.5. The van der Waals surface area contributed by atoms with Gasteiger partial charge in [-0.1, -0.05) is 12.1 Å². The second-order valence-corrected chi connectivity index (χ2v) is 3.54. The van der Waals surface area contributed by atoms with Gasteiger partial charge in [-0.25, -0.2) is 0 Å². The Morgan fingerprint density at radius 2 is 2.19 bits per heavy atom. The summed E-state index contributed by atoms with van der Waals surface area (Å²) in [6, 6.07) is 6.96. The normalized spacial score (nSPS) is 16.2. The highest BCUT2D eigenvalue weighted by molar-refractivity contribution is 6.41. The third-order valence-electron chi connectivity index (χ3n) is 2.47. The first-order chi connectivity index (χ1) is 7.72. The first-order valence-electron chi connectivity index (χ1n) is 5.02. The predicted octanol–water partition coefficient (Wildman–Crippen LogP) is -0.358. The van der Waals surface area contributed by atoms with E-state index in [-0.39, 0.29) is 6.61 Å². The topological polar surface area (TPSA) is 69.6 Å². The molecule has 0 aromatic heterocycles. The number of piperazine rings is 1. The molecule has 0 atom stereocenters. The number of aliphatic hydroxyl groups is 1. The van der Waals surface area contributed by atoms with Gasteiger partial charge in [-0.3, -0.25) is 9.59 Å². The number of anilines is 1. The summed E-state index contributed by atoms with van der Waals surface area (Å²) in [4.78, 5) is 24.2. The summed E-state index contributed by atoms with van der Waals surface area (Å²) in [6.45, 7) is 0.829. The zero-order valence-corrected chi connectivity index (χ0v) is 8.64. The minimum absolute atomic E-state index is 0.0813. The van der Waals surface area contributed by atoms with Crippen LogP contribution in [-0.2, 0) is 16.2 Å². The van der Waals surface area contributed by atoms with Crippen LogP contribution >= 0.6 is 0 Å². The van der Waals surface area contributed by atoms with Gasteiger partial charge in [0.1, 0.15) is 0 Å². The van der Waals surface area contributed by atoms with Crippen LogP contribution in [0.3, 0.4) is 0 Å². The summed E-state index contributed by atoms with van der Waals surface area (Å²) < 4.78 is 0. The van der Waals surface area contributed by atoms with Gasteiger partial charge in [-0.15, -0.1) is 0 Å². The van der Waals surface area contributed by atoms with Gasteiger partial charge >= 0.3 is 11.8 Å². The molecule has 2 rings (SSSR count). The Kier molecular flexibility index (Phi) is 2.87. The van der Waals surface area contributed by atoms with Gasteiger partial charge in [0.25, 0.3) is 0 Å².